The van der Waals surface area contributed by atoms with Crippen molar-refractivity contribution >= 4 is 5.69 Å². The maximum absolute atomic E-state index is 12.5. The topological polar surface area (TPSA) is 29.3 Å². The van der Waals surface area contributed by atoms with Gasteiger partial charge in [0.15, 0.2) is 0 Å². The van der Waals surface area contributed by atoms with E-state index in [1.807, 2.05) is 7.05 Å². The highest BCUT2D eigenvalue weighted by molar-refractivity contribution is 5.56. The van der Waals surface area contributed by atoms with Gasteiger partial charge < -0.3 is 10.6 Å². The Bertz CT molecular complexity index is 415. The number of aryl methyl sites for hydroxylation is 1. The summed E-state index contributed by atoms with van der Waals surface area (Å²) in [5.74, 6) is 0. The second-order valence-corrected chi connectivity index (χ2v) is 4.43. The number of rotatable bonds is 1. The Labute approximate surface area is 98.2 Å². The predicted molar refractivity (Wildman–Crippen MR) is 61.0 cm³/mol. The number of alkyl halides is 3. The summed E-state index contributed by atoms with van der Waals surface area (Å²) in [6, 6.07) is 2.90. The largest absolute Gasteiger partial charge is 0.407 e. The van der Waals surface area contributed by atoms with Crippen LogP contribution in [0.1, 0.15) is 23.6 Å². The van der Waals surface area contributed by atoms with Crippen LogP contribution in [-0.2, 0) is 6.42 Å². The zero-order valence-corrected chi connectivity index (χ0v) is 9.59. The number of halogens is 3. The average Bonchev–Trinajstić information content (AvgIpc) is 2.26. The lowest BCUT2D eigenvalue weighted by Gasteiger charge is -2.28. The van der Waals surface area contributed by atoms with Gasteiger partial charge in [-0.2, -0.15) is 13.2 Å². The van der Waals surface area contributed by atoms with Crippen LogP contribution in [0.3, 0.4) is 0 Å². The van der Waals surface area contributed by atoms with E-state index in [1.54, 1.807) is 12.1 Å². The number of benzene rings is 1. The molecule has 2 N–H and O–H groups in total. The molecule has 0 unspecified atom stereocenters. The van der Waals surface area contributed by atoms with Gasteiger partial charge in [-0.3, -0.25) is 0 Å². The van der Waals surface area contributed by atoms with Crippen molar-refractivity contribution in [2.75, 3.05) is 18.5 Å². The zero-order valence-electron chi connectivity index (χ0n) is 9.59. The zero-order chi connectivity index (χ0) is 12.6. The molecule has 1 aliphatic rings. The molecule has 0 bridgehead atoms. The molecule has 5 heteroatoms. The van der Waals surface area contributed by atoms with Gasteiger partial charge in [-0.05, 0) is 30.0 Å². The summed E-state index contributed by atoms with van der Waals surface area (Å²) in [7, 11) is 1.95. The molecule has 1 atom stereocenters. The molecule has 0 spiro atoms. The second-order valence-electron chi connectivity index (χ2n) is 4.43. The molecule has 0 aromatic heterocycles. The number of hydrogen-bond acceptors (Lipinski definition) is 2. The standard InChI is InChI=1S/C12H15F3N2/c1-17-6-2-3-8-7-9(4-5-10(8)17)11(16)12(13,14)15/h4-5,7,11H,2-3,6,16H2,1H3/t11-/m1/s1. The van der Waals surface area contributed by atoms with E-state index in [4.69, 9.17) is 5.73 Å². The van der Waals surface area contributed by atoms with E-state index in [1.165, 1.54) is 6.07 Å². The van der Waals surface area contributed by atoms with Gasteiger partial charge in [0.1, 0.15) is 6.04 Å². The first kappa shape index (κ1) is 12.2. The summed E-state index contributed by atoms with van der Waals surface area (Å²) < 4.78 is 37.5. The molecule has 1 aromatic rings. The first-order valence-corrected chi connectivity index (χ1v) is 5.56. The molecule has 2 rings (SSSR count). The molecule has 17 heavy (non-hydrogen) atoms. The lowest BCUT2D eigenvalue weighted by Crippen LogP contribution is -2.29. The summed E-state index contributed by atoms with van der Waals surface area (Å²) in [6.45, 7) is 0.942. The Kier molecular flexibility index (Phi) is 3.03. The first-order valence-electron chi connectivity index (χ1n) is 5.56. The number of nitrogens with zero attached hydrogens (tertiary/aromatic N) is 1. The van der Waals surface area contributed by atoms with Crippen molar-refractivity contribution in [3.63, 3.8) is 0 Å². The van der Waals surface area contributed by atoms with Crippen LogP contribution in [0.15, 0.2) is 18.2 Å². The van der Waals surface area contributed by atoms with Crippen molar-refractivity contribution in [3.05, 3.63) is 29.3 Å². The first-order chi connectivity index (χ1) is 7.89. The molecule has 0 aliphatic carbocycles. The molecule has 1 heterocycles. The Morgan fingerprint density at radius 2 is 2.06 bits per heavy atom. The van der Waals surface area contributed by atoms with E-state index >= 15 is 0 Å². The lowest BCUT2D eigenvalue weighted by atomic mass is 9.97. The fourth-order valence-electron chi connectivity index (χ4n) is 2.19. The van der Waals surface area contributed by atoms with Gasteiger partial charge in [0.2, 0.25) is 0 Å². The van der Waals surface area contributed by atoms with Crippen molar-refractivity contribution in [2.24, 2.45) is 5.73 Å². The van der Waals surface area contributed by atoms with E-state index in [-0.39, 0.29) is 5.56 Å². The van der Waals surface area contributed by atoms with E-state index in [9.17, 15) is 13.2 Å². The minimum atomic E-state index is -4.38. The van der Waals surface area contributed by atoms with Gasteiger partial charge in [0.05, 0.1) is 0 Å². The fraction of sp³-hybridized carbons (Fsp3) is 0.500. The van der Waals surface area contributed by atoms with Crippen LogP contribution in [0.4, 0.5) is 18.9 Å². The van der Waals surface area contributed by atoms with E-state index in [0.29, 0.717) is 0 Å². The summed E-state index contributed by atoms with van der Waals surface area (Å²) in [4.78, 5) is 2.06. The van der Waals surface area contributed by atoms with Crippen LogP contribution in [0.2, 0.25) is 0 Å². The maximum Gasteiger partial charge on any atom is 0.407 e. The Hall–Kier alpha value is -1.23. The van der Waals surface area contributed by atoms with Crippen molar-refractivity contribution in [1.82, 2.24) is 0 Å². The molecule has 2 nitrogen and oxygen atoms in total. The third-order valence-corrected chi connectivity index (χ3v) is 3.17. The molecule has 0 saturated carbocycles. The number of hydrogen-bond donors (Lipinski definition) is 1. The highest BCUT2D eigenvalue weighted by Gasteiger charge is 2.38. The van der Waals surface area contributed by atoms with Gasteiger partial charge >= 0.3 is 6.18 Å². The van der Waals surface area contributed by atoms with Crippen molar-refractivity contribution in [2.45, 2.75) is 25.1 Å². The van der Waals surface area contributed by atoms with Gasteiger partial charge in [0.25, 0.3) is 0 Å². The van der Waals surface area contributed by atoms with Gasteiger partial charge in [-0.1, -0.05) is 12.1 Å². The Balaban J connectivity index is 2.34. The van der Waals surface area contributed by atoms with Crippen LogP contribution >= 0.6 is 0 Å². The van der Waals surface area contributed by atoms with Crippen molar-refractivity contribution in [3.8, 4) is 0 Å². The predicted octanol–water partition coefficient (Wildman–Crippen LogP) is 2.63. The van der Waals surface area contributed by atoms with Crippen molar-refractivity contribution in [1.29, 1.82) is 0 Å². The average molecular weight is 244 g/mol. The third kappa shape index (κ3) is 2.39. The van der Waals surface area contributed by atoms with Crippen LogP contribution in [-0.4, -0.2) is 19.8 Å². The molecule has 1 aromatic carbocycles. The molecule has 1 aliphatic heterocycles. The van der Waals surface area contributed by atoms with Crippen LogP contribution in [0.25, 0.3) is 0 Å². The number of fused-ring (bicyclic) bond motifs is 1. The summed E-state index contributed by atoms with van der Waals surface area (Å²) in [5.41, 5.74) is 7.31. The molecule has 0 amide bonds. The Morgan fingerprint density at radius 3 is 2.71 bits per heavy atom. The highest BCUT2D eigenvalue weighted by atomic mass is 19.4. The third-order valence-electron chi connectivity index (χ3n) is 3.17. The fourth-order valence-corrected chi connectivity index (χ4v) is 2.19. The highest BCUT2D eigenvalue weighted by Crippen LogP contribution is 2.34. The Morgan fingerprint density at radius 1 is 1.35 bits per heavy atom. The van der Waals surface area contributed by atoms with E-state index in [2.05, 4.69) is 4.90 Å². The molecule has 0 fully saturated rings. The number of nitrogens with two attached hydrogens (primary N) is 1. The molecule has 94 valence electrons. The van der Waals surface area contributed by atoms with Crippen LogP contribution in [0.5, 0.6) is 0 Å². The summed E-state index contributed by atoms with van der Waals surface area (Å²) in [6.07, 6.45) is -2.60. The van der Waals surface area contributed by atoms with Crippen LogP contribution < -0.4 is 10.6 Å². The summed E-state index contributed by atoms with van der Waals surface area (Å²) >= 11 is 0. The van der Waals surface area contributed by atoms with Gasteiger partial charge in [-0.25, -0.2) is 0 Å². The van der Waals surface area contributed by atoms with E-state index < -0.39 is 12.2 Å². The smallest absolute Gasteiger partial charge is 0.374 e. The molecule has 0 radical (unpaired) electrons. The van der Waals surface area contributed by atoms with E-state index in [0.717, 1.165) is 30.6 Å². The molecular formula is C12H15F3N2. The van der Waals surface area contributed by atoms with Gasteiger partial charge in [0, 0.05) is 19.3 Å². The van der Waals surface area contributed by atoms with Gasteiger partial charge in [-0.15, -0.1) is 0 Å². The normalized spacial score (nSPS) is 17.8. The lowest BCUT2D eigenvalue weighted by molar-refractivity contribution is -0.149. The quantitative estimate of drug-likeness (QED) is 0.822. The second kappa shape index (κ2) is 4.22. The minimum Gasteiger partial charge on any atom is -0.374 e. The van der Waals surface area contributed by atoms with Crippen molar-refractivity contribution < 1.29 is 13.2 Å². The summed E-state index contributed by atoms with van der Waals surface area (Å²) in [5, 5.41) is 0. The molecule has 0 saturated heterocycles. The maximum atomic E-state index is 12.5. The number of anilines is 1. The monoisotopic (exact) mass is 244 g/mol. The van der Waals surface area contributed by atoms with Crippen LogP contribution in [0, 0.1) is 0 Å². The minimum absolute atomic E-state index is 0.145. The molecular weight excluding hydrogens is 229 g/mol. The SMILES string of the molecule is CN1CCCc2cc([C@@H](N)C(F)(F)F)ccc21.